The standard InChI is InChI=1S/C26H29ClN2O4S/c1-19(2)21-8-12-24(13-9-21)29(34(3,31)32)18-20-4-6-22(7-5-20)26(30)28-16-17-33-25-14-10-23(27)11-15-25/h4-15,19H,16-18H2,1-3H3,(H,28,30). The van der Waals surface area contributed by atoms with E-state index >= 15 is 0 Å². The number of carbonyl (C=O) groups excluding carboxylic acids is 1. The minimum Gasteiger partial charge on any atom is -0.492 e. The average Bonchev–Trinajstić information content (AvgIpc) is 2.81. The Bertz CT molecular complexity index is 1190. The number of hydrogen-bond acceptors (Lipinski definition) is 4. The zero-order valence-electron chi connectivity index (χ0n) is 19.5. The number of hydrogen-bond donors (Lipinski definition) is 1. The van der Waals surface area contributed by atoms with Gasteiger partial charge in [0.25, 0.3) is 5.91 Å². The van der Waals surface area contributed by atoms with Gasteiger partial charge >= 0.3 is 0 Å². The van der Waals surface area contributed by atoms with Crippen LogP contribution >= 0.6 is 11.6 Å². The summed E-state index contributed by atoms with van der Waals surface area (Å²) < 4.78 is 31.8. The molecule has 0 atom stereocenters. The molecule has 3 aromatic carbocycles. The van der Waals surface area contributed by atoms with Gasteiger partial charge in [0, 0.05) is 10.6 Å². The fourth-order valence-electron chi connectivity index (χ4n) is 3.32. The first-order chi connectivity index (χ1) is 16.1. The van der Waals surface area contributed by atoms with Crippen molar-refractivity contribution in [2.75, 3.05) is 23.7 Å². The second-order valence-corrected chi connectivity index (χ2v) is 10.6. The molecule has 0 spiro atoms. The van der Waals surface area contributed by atoms with Crippen molar-refractivity contribution in [3.05, 3.63) is 94.5 Å². The Morgan fingerprint density at radius 2 is 1.59 bits per heavy atom. The molecule has 8 heteroatoms. The summed E-state index contributed by atoms with van der Waals surface area (Å²) in [7, 11) is -3.48. The monoisotopic (exact) mass is 500 g/mol. The lowest BCUT2D eigenvalue weighted by Crippen LogP contribution is -2.29. The van der Waals surface area contributed by atoms with E-state index in [0.29, 0.717) is 41.1 Å². The van der Waals surface area contributed by atoms with Gasteiger partial charge in [0.05, 0.1) is 25.0 Å². The molecular weight excluding hydrogens is 472 g/mol. The molecule has 0 fully saturated rings. The molecule has 34 heavy (non-hydrogen) atoms. The van der Waals surface area contributed by atoms with Crippen molar-refractivity contribution in [2.24, 2.45) is 0 Å². The number of halogens is 1. The first kappa shape index (κ1) is 25.6. The number of benzene rings is 3. The molecule has 1 amide bonds. The third kappa shape index (κ3) is 7.23. The third-order valence-corrected chi connectivity index (χ3v) is 6.65. The zero-order chi connectivity index (χ0) is 24.7. The summed E-state index contributed by atoms with van der Waals surface area (Å²) in [5.41, 5.74) is 3.02. The van der Waals surface area contributed by atoms with E-state index in [4.69, 9.17) is 16.3 Å². The SMILES string of the molecule is CC(C)c1ccc(N(Cc2ccc(C(=O)NCCOc3ccc(Cl)cc3)cc2)S(C)(=O)=O)cc1. The number of carbonyl (C=O) groups is 1. The lowest BCUT2D eigenvalue weighted by atomic mass is 10.0. The third-order valence-electron chi connectivity index (χ3n) is 5.26. The zero-order valence-corrected chi connectivity index (χ0v) is 21.1. The lowest BCUT2D eigenvalue weighted by molar-refractivity contribution is 0.0947. The molecule has 0 unspecified atom stereocenters. The summed E-state index contributed by atoms with van der Waals surface area (Å²) >= 11 is 5.85. The van der Waals surface area contributed by atoms with Gasteiger partial charge in [-0.1, -0.05) is 49.7 Å². The maximum Gasteiger partial charge on any atom is 0.251 e. The molecule has 0 aliphatic heterocycles. The molecule has 3 aromatic rings. The van der Waals surface area contributed by atoms with Crippen LogP contribution in [0.25, 0.3) is 0 Å². The number of rotatable bonds is 10. The number of nitrogens with one attached hydrogen (secondary N) is 1. The van der Waals surface area contributed by atoms with Crippen molar-refractivity contribution in [3.63, 3.8) is 0 Å². The van der Waals surface area contributed by atoms with Gasteiger partial charge in [-0.25, -0.2) is 8.42 Å². The summed E-state index contributed by atoms with van der Waals surface area (Å²) in [6.07, 6.45) is 1.19. The molecule has 0 bridgehead atoms. The van der Waals surface area contributed by atoms with E-state index in [1.54, 1.807) is 48.5 Å². The van der Waals surface area contributed by atoms with Gasteiger partial charge in [-0.2, -0.15) is 0 Å². The minimum absolute atomic E-state index is 0.177. The Balaban J connectivity index is 1.58. The summed E-state index contributed by atoms with van der Waals surface area (Å²) in [6, 6.07) is 21.5. The van der Waals surface area contributed by atoms with E-state index in [9.17, 15) is 13.2 Å². The maximum absolute atomic E-state index is 12.4. The van der Waals surface area contributed by atoms with Crippen molar-refractivity contribution in [3.8, 4) is 5.75 Å². The van der Waals surface area contributed by atoms with E-state index in [2.05, 4.69) is 19.2 Å². The fourth-order valence-corrected chi connectivity index (χ4v) is 4.33. The lowest BCUT2D eigenvalue weighted by Gasteiger charge is -2.23. The van der Waals surface area contributed by atoms with Crippen molar-refractivity contribution in [1.82, 2.24) is 5.32 Å². The van der Waals surface area contributed by atoms with Gasteiger partial charge in [-0.15, -0.1) is 0 Å². The smallest absolute Gasteiger partial charge is 0.251 e. The molecule has 0 aliphatic carbocycles. The maximum atomic E-state index is 12.4. The highest BCUT2D eigenvalue weighted by molar-refractivity contribution is 7.92. The van der Waals surface area contributed by atoms with Crippen LogP contribution in [0.4, 0.5) is 5.69 Å². The predicted octanol–water partition coefficient (Wildman–Crippen LogP) is 5.24. The molecule has 6 nitrogen and oxygen atoms in total. The van der Waals surface area contributed by atoms with Crippen molar-refractivity contribution in [2.45, 2.75) is 26.3 Å². The Kier molecular flexibility index (Phi) is 8.58. The van der Waals surface area contributed by atoms with Gasteiger partial charge in [-0.05, 0) is 65.6 Å². The van der Waals surface area contributed by atoms with Gasteiger partial charge in [-0.3, -0.25) is 9.10 Å². The second kappa shape index (κ2) is 11.4. The highest BCUT2D eigenvalue weighted by Gasteiger charge is 2.18. The molecule has 1 N–H and O–H groups in total. The van der Waals surface area contributed by atoms with Gasteiger partial charge in [0.2, 0.25) is 10.0 Å². The summed E-state index contributed by atoms with van der Waals surface area (Å²) in [4.78, 5) is 12.4. The number of ether oxygens (including phenoxy) is 1. The fraction of sp³-hybridized carbons (Fsp3) is 0.269. The highest BCUT2D eigenvalue weighted by Crippen LogP contribution is 2.24. The van der Waals surface area contributed by atoms with Gasteiger partial charge in [0.15, 0.2) is 0 Å². The molecule has 0 aliphatic rings. The molecule has 0 radical (unpaired) electrons. The van der Waals surface area contributed by atoms with E-state index < -0.39 is 10.0 Å². The van der Waals surface area contributed by atoms with Crippen LogP contribution < -0.4 is 14.4 Å². The second-order valence-electron chi connectivity index (χ2n) is 8.27. The van der Waals surface area contributed by atoms with Crippen LogP contribution in [0.5, 0.6) is 5.75 Å². The topological polar surface area (TPSA) is 75.7 Å². The Hall–Kier alpha value is -3.03. The van der Waals surface area contributed by atoms with Crippen LogP contribution in [0, 0.1) is 0 Å². The first-order valence-corrected chi connectivity index (χ1v) is 13.2. The average molecular weight is 501 g/mol. The number of nitrogens with zero attached hydrogens (tertiary/aromatic N) is 1. The van der Waals surface area contributed by atoms with Crippen LogP contribution in [-0.4, -0.2) is 33.7 Å². The van der Waals surface area contributed by atoms with Crippen LogP contribution in [0.3, 0.4) is 0 Å². The summed E-state index contributed by atoms with van der Waals surface area (Å²) in [6.45, 7) is 5.03. The normalized spacial score (nSPS) is 11.3. The van der Waals surface area contributed by atoms with Gasteiger partial charge in [0.1, 0.15) is 12.4 Å². The number of amides is 1. The molecule has 180 valence electrons. The van der Waals surface area contributed by atoms with Crippen molar-refractivity contribution < 1.29 is 17.9 Å². The number of sulfonamides is 1. The Morgan fingerprint density at radius 1 is 0.971 bits per heavy atom. The quantitative estimate of drug-likeness (QED) is 0.386. The molecule has 0 saturated carbocycles. The molecule has 0 saturated heterocycles. The van der Waals surface area contributed by atoms with Crippen LogP contribution in [0.15, 0.2) is 72.8 Å². The minimum atomic E-state index is -3.48. The first-order valence-electron chi connectivity index (χ1n) is 11.0. The Morgan fingerprint density at radius 3 is 2.15 bits per heavy atom. The van der Waals surface area contributed by atoms with Crippen molar-refractivity contribution >= 4 is 33.2 Å². The van der Waals surface area contributed by atoms with E-state index in [1.807, 2.05) is 24.3 Å². The van der Waals surface area contributed by atoms with Crippen LogP contribution in [0.2, 0.25) is 5.02 Å². The summed E-state index contributed by atoms with van der Waals surface area (Å²) in [5, 5.41) is 3.44. The molecule has 0 aromatic heterocycles. The van der Waals surface area contributed by atoms with E-state index in [1.165, 1.54) is 10.6 Å². The molecular formula is C26H29ClN2O4S. The summed E-state index contributed by atoms with van der Waals surface area (Å²) in [5.74, 6) is 0.816. The van der Waals surface area contributed by atoms with Crippen LogP contribution in [-0.2, 0) is 16.6 Å². The van der Waals surface area contributed by atoms with E-state index in [0.717, 1.165) is 11.1 Å². The number of anilines is 1. The Labute approximate surface area is 206 Å². The van der Waals surface area contributed by atoms with Crippen molar-refractivity contribution in [1.29, 1.82) is 0 Å². The molecule has 0 heterocycles. The largest absolute Gasteiger partial charge is 0.492 e. The van der Waals surface area contributed by atoms with Crippen LogP contribution in [0.1, 0.15) is 41.3 Å². The predicted molar refractivity (Wildman–Crippen MR) is 137 cm³/mol. The highest BCUT2D eigenvalue weighted by atomic mass is 35.5. The molecule has 3 rings (SSSR count). The van der Waals surface area contributed by atoms with E-state index in [-0.39, 0.29) is 12.5 Å². The van der Waals surface area contributed by atoms with Gasteiger partial charge < -0.3 is 10.1 Å².